The summed E-state index contributed by atoms with van der Waals surface area (Å²) in [5, 5.41) is 2.46. The van der Waals surface area contributed by atoms with Crippen molar-refractivity contribution in [1.29, 1.82) is 0 Å². The minimum atomic E-state index is 0.845. The van der Waals surface area contributed by atoms with Crippen molar-refractivity contribution in [2.45, 2.75) is 6.54 Å². The van der Waals surface area contributed by atoms with Gasteiger partial charge in [0.05, 0.1) is 0 Å². The lowest BCUT2D eigenvalue weighted by atomic mass is 9.89. The predicted molar refractivity (Wildman–Crippen MR) is 170 cm³/mol. The molecule has 6 aromatic carbocycles. The first kappa shape index (κ1) is 23.9. The number of hydrogen-bond donors (Lipinski definition) is 0. The van der Waals surface area contributed by atoms with Crippen molar-refractivity contribution in [1.82, 2.24) is 0 Å². The molecule has 7 rings (SSSR count). The molecular formula is C39H29N. The van der Waals surface area contributed by atoms with E-state index in [1.54, 1.807) is 0 Å². The van der Waals surface area contributed by atoms with Crippen LogP contribution < -0.4 is 4.90 Å². The molecule has 1 aliphatic heterocycles. The molecule has 0 aliphatic carbocycles. The molecule has 0 radical (unpaired) electrons. The first-order valence-electron chi connectivity index (χ1n) is 13.8. The van der Waals surface area contributed by atoms with Gasteiger partial charge in [-0.05, 0) is 68.4 Å². The molecule has 0 atom stereocenters. The summed E-state index contributed by atoms with van der Waals surface area (Å²) < 4.78 is 0. The fourth-order valence-corrected chi connectivity index (χ4v) is 5.85. The first-order chi connectivity index (χ1) is 19.9. The smallest absolute Gasteiger partial charge is 0.0493 e. The van der Waals surface area contributed by atoms with Gasteiger partial charge in [-0.15, -0.1) is 0 Å². The van der Waals surface area contributed by atoms with Crippen molar-refractivity contribution in [3.63, 3.8) is 0 Å². The normalized spacial score (nSPS) is 11.8. The van der Waals surface area contributed by atoms with Crippen molar-refractivity contribution < 1.29 is 0 Å². The van der Waals surface area contributed by atoms with Gasteiger partial charge in [0.2, 0.25) is 0 Å². The Morgan fingerprint density at radius 3 is 1.62 bits per heavy atom. The molecule has 0 amide bonds. The molecule has 1 nitrogen and oxygen atoms in total. The molecule has 6 aromatic rings. The Morgan fingerprint density at radius 2 is 0.900 bits per heavy atom. The van der Waals surface area contributed by atoms with Crippen LogP contribution in [0.2, 0.25) is 0 Å². The van der Waals surface area contributed by atoms with Crippen LogP contribution in [0, 0.1) is 0 Å². The van der Waals surface area contributed by atoms with Crippen LogP contribution in [0.3, 0.4) is 0 Å². The summed E-state index contributed by atoms with van der Waals surface area (Å²) in [7, 11) is 0. The summed E-state index contributed by atoms with van der Waals surface area (Å²) in [6.07, 6.45) is 0. The first-order valence-corrected chi connectivity index (χ1v) is 13.8. The highest BCUT2D eigenvalue weighted by Crippen LogP contribution is 2.44. The van der Waals surface area contributed by atoms with Crippen LogP contribution in [-0.4, -0.2) is 0 Å². The molecule has 0 aromatic heterocycles. The third kappa shape index (κ3) is 4.42. The van der Waals surface area contributed by atoms with E-state index in [-0.39, 0.29) is 0 Å². The van der Waals surface area contributed by atoms with Gasteiger partial charge in [-0.2, -0.15) is 0 Å². The molecule has 0 saturated heterocycles. The fraction of sp³-hybridized carbons (Fsp3) is 0.0256. The predicted octanol–water partition coefficient (Wildman–Crippen LogP) is 10.6. The summed E-state index contributed by atoms with van der Waals surface area (Å²) >= 11 is 0. The van der Waals surface area contributed by atoms with Crippen LogP contribution in [0.25, 0.3) is 44.2 Å². The number of anilines is 2. The third-order valence-electron chi connectivity index (χ3n) is 7.75. The van der Waals surface area contributed by atoms with Gasteiger partial charge in [0.15, 0.2) is 0 Å². The van der Waals surface area contributed by atoms with Crippen molar-refractivity contribution in [2.24, 2.45) is 0 Å². The summed E-state index contributed by atoms with van der Waals surface area (Å²) in [6, 6.07) is 58.9. The molecule has 190 valence electrons. The number of para-hydroxylation sites is 2. The molecule has 0 bridgehead atoms. The fourth-order valence-electron chi connectivity index (χ4n) is 5.85. The molecule has 0 N–H and O–H groups in total. The maximum Gasteiger partial charge on any atom is 0.0493 e. The second kappa shape index (κ2) is 10.6. The molecule has 40 heavy (non-hydrogen) atoms. The van der Waals surface area contributed by atoms with Gasteiger partial charge in [0.1, 0.15) is 0 Å². The summed E-state index contributed by atoms with van der Waals surface area (Å²) in [5.74, 6) is 0. The lowest BCUT2D eigenvalue weighted by molar-refractivity contribution is 0.961. The Bertz CT molecular complexity index is 1870. The Hall–Kier alpha value is -5.14. The standard InChI is InChI=1S/C39H29N/c1-2-10-20-34(36-22-12-11-21-35(36)33(19-9-1)29-15-5-3-6-16-29)30-25-26-31-28-40(32-17-7-4-8-18-32)39-24-14-13-23-37(39)38(31)27-30/h1-27H,28H2. The molecule has 1 heterocycles. The van der Waals surface area contributed by atoms with E-state index in [2.05, 4.69) is 169 Å². The Kier molecular flexibility index (Phi) is 6.32. The van der Waals surface area contributed by atoms with E-state index < -0.39 is 0 Å². The molecule has 1 heteroatoms. The average molecular weight is 512 g/mol. The lowest BCUT2D eigenvalue weighted by Crippen LogP contribution is -2.21. The second-order valence-corrected chi connectivity index (χ2v) is 10.2. The highest BCUT2D eigenvalue weighted by atomic mass is 15.1. The largest absolute Gasteiger partial charge is 0.336 e. The van der Waals surface area contributed by atoms with Gasteiger partial charge in [0.25, 0.3) is 0 Å². The zero-order valence-corrected chi connectivity index (χ0v) is 22.2. The van der Waals surface area contributed by atoms with Crippen LogP contribution >= 0.6 is 0 Å². The molecule has 0 saturated carbocycles. The Balaban J connectivity index is 1.45. The van der Waals surface area contributed by atoms with E-state index in [4.69, 9.17) is 0 Å². The zero-order valence-electron chi connectivity index (χ0n) is 22.2. The van der Waals surface area contributed by atoms with Gasteiger partial charge in [-0.3, -0.25) is 0 Å². The van der Waals surface area contributed by atoms with Gasteiger partial charge in [-0.1, -0.05) is 140 Å². The maximum atomic E-state index is 2.42. The maximum absolute atomic E-state index is 2.42. The van der Waals surface area contributed by atoms with E-state index >= 15 is 0 Å². The minimum absolute atomic E-state index is 0.845. The van der Waals surface area contributed by atoms with Crippen molar-refractivity contribution in [3.05, 3.63) is 169 Å². The number of benzene rings is 5. The minimum Gasteiger partial charge on any atom is -0.336 e. The SMILES string of the molecule is c1ccc(-c2ccccccc(-c3ccc4c(c3)-c3ccccc3N(c3ccccc3)C4)c3ccccc23)cc1. The topological polar surface area (TPSA) is 3.24 Å². The van der Waals surface area contributed by atoms with Crippen LogP contribution in [0.1, 0.15) is 5.56 Å². The van der Waals surface area contributed by atoms with Crippen LogP contribution in [0.15, 0.2) is 164 Å². The molecule has 0 unspecified atom stereocenters. The third-order valence-corrected chi connectivity index (χ3v) is 7.75. The lowest BCUT2D eigenvalue weighted by Gasteiger charge is -2.33. The molecular weight excluding hydrogens is 482 g/mol. The molecule has 0 fully saturated rings. The Morgan fingerprint density at radius 1 is 0.375 bits per heavy atom. The van der Waals surface area contributed by atoms with Gasteiger partial charge < -0.3 is 4.90 Å². The van der Waals surface area contributed by atoms with E-state index in [0.29, 0.717) is 0 Å². The highest BCUT2D eigenvalue weighted by Gasteiger charge is 2.23. The van der Waals surface area contributed by atoms with E-state index in [1.807, 2.05) is 0 Å². The Labute approximate surface area is 236 Å². The van der Waals surface area contributed by atoms with Crippen molar-refractivity contribution in [2.75, 3.05) is 4.90 Å². The van der Waals surface area contributed by atoms with E-state index in [1.165, 1.54) is 61.1 Å². The monoisotopic (exact) mass is 511 g/mol. The molecule has 0 spiro atoms. The van der Waals surface area contributed by atoms with E-state index in [0.717, 1.165) is 6.54 Å². The highest BCUT2D eigenvalue weighted by molar-refractivity contribution is 6.03. The van der Waals surface area contributed by atoms with Gasteiger partial charge in [0, 0.05) is 23.5 Å². The van der Waals surface area contributed by atoms with Crippen LogP contribution in [0.5, 0.6) is 0 Å². The number of rotatable bonds is 3. The van der Waals surface area contributed by atoms with Crippen LogP contribution in [0.4, 0.5) is 11.4 Å². The van der Waals surface area contributed by atoms with Gasteiger partial charge >= 0.3 is 0 Å². The summed E-state index contributed by atoms with van der Waals surface area (Å²) in [6.45, 7) is 0.845. The van der Waals surface area contributed by atoms with Crippen molar-refractivity contribution >= 4 is 22.1 Å². The van der Waals surface area contributed by atoms with Crippen LogP contribution in [-0.2, 0) is 6.54 Å². The van der Waals surface area contributed by atoms with Crippen molar-refractivity contribution in [3.8, 4) is 33.4 Å². The quantitative estimate of drug-likeness (QED) is 0.228. The summed E-state index contributed by atoms with van der Waals surface area (Å²) in [4.78, 5) is 2.42. The number of fused-ring (bicyclic) bond motifs is 4. The second-order valence-electron chi connectivity index (χ2n) is 10.2. The van der Waals surface area contributed by atoms with Gasteiger partial charge in [-0.25, -0.2) is 0 Å². The number of nitrogens with zero attached hydrogens (tertiary/aromatic N) is 1. The average Bonchev–Trinajstić information content (AvgIpc) is 3.03. The summed E-state index contributed by atoms with van der Waals surface area (Å²) in [5.41, 5.74) is 11.2. The molecule has 1 aliphatic rings. The van der Waals surface area contributed by atoms with E-state index in [9.17, 15) is 0 Å². The zero-order chi connectivity index (χ0) is 26.7. The number of hydrogen-bond acceptors (Lipinski definition) is 1.